The normalized spacial score (nSPS) is 8.67. The van der Waals surface area contributed by atoms with Gasteiger partial charge in [-0.15, -0.1) is 0 Å². The quantitative estimate of drug-likeness (QED) is 0.452. The van der Waals surface area contributed by atoms with Gasteiger partial charge in [-0.2, -0.15) is 0 Å². The highest BCUT2D eigenvalue weighted by Crippen LogP contribution is 2.10. The zero-order chi connectivity index (χ0) is 4.41. The summed E-state index contributed by atoms with van der Waals surface area (Å²) in [5.41, 5.74) is 1.39. The van der Waals surface area contributed by atoms with Gasteiger partial charge in [0.2, 0.25) is 0 Å². The molecule has 0 N–H and O–H groups in total. The molecule has 0 aliphatic rings. The summed E-state index contributed by atoms with van der Waals surface area (Å²) in [6, 6.07) is 0. The molecule has 0 amide bonds. The van der Waals surface area contributed by atoms with Crippen LogP contribution in [0.25, 0.3) is 0 Å². The third-order valence-electron chi connectivity index (χ3n) is 0.384. The first-order chi connectivity index (χ1) is 2.89. The average molecular weight is 102 g/mol. The zero-order valence-electron chi connectivity index (χ0n) is 2.88. The summed E-state index contributed by atoms with van der Waals surface area (Å²) in [7, 11) is 0. The molecule has 6 heavy (non-hydrogen) atoms. The molecular weight excluding hydrogens is 100 g/mol. The molecule has 32 valence electrons. The van der Waals surface area contributed by atoms with Crippen LogP contribution in [-0.2, 0) is 0 Å². The second-order valence-corrected chi connectivity index (χ2v) is 1.62. The van der Waals surface area contributed by atoms with Gasteiger partial charge in [-0.25, -0.2) is 4.42 Å². The fourth-order valence-corrected chi connectivity index (χ4v) is 0.503. The van der Waals surface area contributed by atoms with E-state index >= 15 is 0 Å². The predicted molar refractivity (Wildman–Crippen MR) is 20.4 cm³/mol. The van der Waals surface area contributed by atoms with Gasteiger partial charge in [0.15, 0.2) is 0 Å². The largest absolute Gasteiger partial charge is 0.859 e. The highest BCUT2D eigenvalue weighted by molar-refractivity contribution is 7.11. The van der Waals surface area contributed by atoms with Crippen LogP contribution in [0, 0.1) is 0 Å². The lowest BCUT2D eigenvalue weighted by Crippen LogP contribution is -1.80. The average Bonchev–Trinajstić information content (AvgIpc) is 1.86. The molecule has 0 atom stereocenters. The second-order valence-electron chi connectivity index (χ2n) is 0.787. The molecule has 3 heteroatoms. The molecule has 1 aromatic rings. The summed E-state index contributed by atoms with van der Waals surface area (Å²) in [5.74, 6) is 0. The van der Waals surface area contributed by atoms with E-state index in [1.54, 1.807) is 0 Å². The molecule has 1 heterocycles. The van der Waals surface area contributed by atoms with E-state index in [1.165, 1.54) is 11.8 Å². The molecule has 0 aliphatic carbocycles. The van der Waals surface area contributed by atoms with Crippen LogP contribution in [0.5, 0.6) is 5.06 Å². The van der Waals surface area contributed by atoms with Gasteiger partial charge in [-0.3, -0.25) is 0 Å². The fraction of sp³-hybridized carbons (Fsp3) is 0. The van der Waals surface area contributed by atoms with Gasteiger partial charge in [0.25, 0.3) is 0 Å². The lowest BCUT2D eigenvalue weighted by molar-refractivity contribution is -0.263. The number of hydrogen-bond donors (Lipinski definition) is 0. The van der Waals surface area contributed by atoms with Crippen LogP contribution < -0.4 is 5.11 Å². The molecule has 0 radical (unpaired) electrons. The van der Waals surface area contributed by atoms with E-state index < -0.39 is 0 Å². The van der Waals surface area contributed by atoms with Crippen LogP contribution in [0.15, 0.2) is 16.3 Å². The molecule has 0 aromatic carbocycles. The monoisotopic (exact) mass is 102 g/mol. The van der Waals surface area contributed by atoms with Gasteiger partial charge in [0.05, 0.1) is 5.06 Å². The second kappa shape index (κ2) is 1.26. The van der Waals surface area contributed by atoms with Crippen LogP contribution in [0.3, 0.4) is 0 Å². The molecule has 0 spiro atoms. The first-order valence-corrected chi connectivity index (χ1v) is 2.28. The summed E-state index contributed by atoms with van der Waals surface area (Å²) in [5, 5.41) is 9.96. The van der Waals surface area contributed by atoms with Crippen molar-refractivity contribution in [3.63, 3.8) is 0 Å². The molecule has 1 rings (SSSR count). The van der Waals surface area contributed by atoms with Gasteiger partial charge in [0, 0.05) is 0 Å². The smallest absolute Gasteiger partial charge is 0.373 e. The first kappa shape index (κ1) is 3.61. The summed E-state index contributed by atoms with van der Waals surface area (Å²) in [6.45, 7) is 0. The zero-order valence-corrected chi connectivity index (χ0v) is 3.70. The van der Waals surface area contributed by atoms with Crippen molar-refractivity contribution in [2.75, 3.05) is 0 Å². The summed E-state index contributed by atoms with van der Waals surface area (Å²) < 4.78 is 4.42. The maximum Gasteiger partial charge on any atom is 0.373 e. The van der Waals surface area contributed by atoms with E-state index in [2.05, 4.69) is 4.42 Å². The summed E-state index contributed by atoms with van der Waals surface area (Å²) in [6.07, 6.45) is 1.17. The molecule has 0 fully saturated rings. The SMILES string of the molecule is [O-]c1c[o+]cs1. The highest BCUT2D eigenvalue weighted by atomic mass is 32.1. The lowest BCUT2D eigenvalue weighted by atomic mass is 11.0. The van der Waals surface area contributed by atoms with E-state index in [1.807, 2.05) is 0 Å². The van der Waals surface area contributed by atoms with Crippen LogP contribution in [0.4, 0.5) is 0 Å². The Morgan fingerprint density at radius 1 is 1.83 bits per heavy atom. The molecule has 0 aliphatic heterocycles. The Hall–Kier alpha value is -0.570. The molecule has 1 aromatic heterocycles. The number of rotatable bonds is 0. The van der Waals surface area contributed by atoms with E-state index in [0.717, 1.165) is 11.3 Å². The van der Waals surface area contributed by atoms with Gasteiger partial charge in [-0.05, 0) is 0 Å². The minimum atomic E-state index is -0.0324. The Balaban J connectivity index is 3.05. The molecule has 0 saturated carbocycles. The topological polar surface area (TPSA) is 34.4 Å². The molecule has 0 bridgehead atoms. The van der Waals surface area contributed by atoms with Gasteiger partial charge >= 0.3 is 11.8 Å². The van der Waals surface area contributed by atoms with E-state index in [4.69, 9.17) is 0 Å². The number of hydrogen-bond acceptors (Lipinski definition) is 2. The Morgan fingerprint density at radius 2 is 2.67 bits per heavy atom. The van der Waals surface area contributed by atoms with Crippen molar-refractivity contribution in [2.24, 2.45) is 0 Å². The van der Waals surface area contributed by atoms with Crippen molar-refractivity contribution in [3.8, 4) is 5.06 Å². The minimum Gasteiger partial charge on any atom is -0.859 e. The van der Waals surface area contributed by atoms with E-state index in [-0.39, 0.29) is 5.06 Å². The molecule has 0 unspecified atom stereocenters. The van der Waals surface area contributed by atoms with Crippen LogP contribution in [0.2, 0.25) is 0 Å². The molecule has 2 nitrogen and oxygen atoms in total. The maximum atomic E-state index is 9.99. The Labute approximate surface area is 38.7 Å². The van der Waals surface area contributed by atoms with Crippen molar-refractivity contribution in [2.45, 2.75) is 0 Å². The van der Waals surface area contributed by atoms with Crippen LogP contribution >= 0.6 is 11.3 Å². The van der Waals surface area contributed by atoms with Crippen LogP contribution in [0.1, 0.15) is 0 Å². The highest BCUT2D eigenvalue weighted by Gasteiger charge is 1.83. The van der Waals surface area contributed by atoms with Crippen LogP contribution in [-0.4, -0.2) is 0 Å². The van der Waals surface area contributed by atoms with Crippen molar-refractivity contribution >= 4 is 11.3 Å². The van der Waals surface area contributed by atoms with E-state index in [0.29, 0.717) is 0 Å². The van der Waals surface area contributed by atoms with E-state index in [9.17, 15) is 5.11 Å². The molecule has 0 saturated heterocycles. The van der Waals surface area contributed by atoms with Gasteiger partial charge < -0.3 is 5.11 Å². The maximum absolute atomic E-state index is 9.99. The Bertz CT molecular complexity index is 112. The van der Waals surface area contributed by atoms with Crippen molar-refractivity contribution in [1.29, 1.82) is 0 Å². The molecular formula is C3H2O2S. The standard InChI is InChI=1S/C3H2O2S/c4-3-1-5-2-6-3/h1-2H. The van der Waals surface area contributed by atoms with Gasteiger partial charge in [0.1, 0.15) is 0 Å². The third kappa shape index (κ3) is 0.490. The minimum absolute atomic E-state index is 0.0324. The van der Waals surface area contributed by atoms with Crippen molar-refractivity contribution < 1.29 is 9.52 Å². The summed E-state index contributed by atoms with van der Waals surface area (Å²) >= 11 is 1.06. The van der Waals surface area contributed by atoms with Crippen molar-refractivity contribution in [1.82, 2.24) is 0 Å². The van der Waals surface area contributed by atoms with Crippen molar-refractivity contribution in [3.05, 3.63) is 11.8 Å². The first-order valence-electron chi connectivity index (χ1n) is 1.40. The predicted octanol–water partition coefficient (Wildman–Crippen LogP) is 0.696. The Kier molecular flexibility index (Phi) is 0.759. The van der Waals surface area contributed by atoms with Gasteiger partial charge in [-0.1, -0.05) is 11.3 Å². The fourth-order valence-electron chi connectivity index (χ4n) is 0.186. The third-order valence-corrected chi connectivity index (χ3v) is 0.920. The lowest BCUT2D eigenvalue weighted by Gasteiger charge is -1.80. The summed E-state index contributed by atoms with van der Waals surface area (Å²) in [4.78, 5) is 0. The Morgan fingerprint density at radius 3 is 2.83 bits per heavy atom.